The molecule has 1 fully saturated rings. The van der Waals surface area contributed by atoms with E-state index in [-0.39, 0.29) is 0 Å². The van der Waals surface area contributed by atoms with Crippen LogP contribution in [0.4, 0.5) is 0 Å². The average molecular weight is 267 g/mol. The molecule has 102 valence electrons. The summed E-state index contributed by atoms with van der Waals surface area (Å²) in [5, 5.41) is 10.6. The van der Waals surface area contributed by atoms with E-state index in [0.29, 0.717) is 11.5 Å². The van der Waals surface area contributed by atoms with Crippen molar-refractivity contribution < 1.29 is 0 Å². The number of nitrogens with one attached hydrogen (secondary N) is 2. The van der Waals surface area contributed by atoms with Crippen LogP contribution in [0.15, 0.2) is 5.38 Å². The molecular formula is C14H25N3S. The van der Waals surface area contributed by atoms with Gasteiger partial charge in [-0.2, -0.15) is 0 Å². The number of piperidine rings is 1. The Morgan fingerprint density at radius 1 is 1.56 bits per heavy atom. The van der Waals surface area contributed by atoms with Gasteiger partial charge in [-0.05, 0) is 31.7 Å². The van der Waals surface area contributed by atoms with Crippen LogP contribution in [0.25, 0.3) is 0 Å². The molecule has 0 bridgehead atoms. The molecule has 1 aliphatic rings. The number of aromatic nitrogens is 1. The van der Waals surface area contributed by atoms with Crippen LogP contribution >= 0.6 is 11.3 Å². The zero-order chi connectivity index (χ0) is 13.0. The van der Waals surface area contributed by atoms with E-state index in [1.54, 1.807) is 11.3 Å². The third kappa shape index (κ3) is 3.77. The maximum Gasteiger partial charge on any atom is 0.0940 e. The van der Waals surface area contributed by atoms with E-state index in [0.717, 1.165) is 25.2 Å². The van der Waals surface area contributed by atoms with E-state index in [1.807, 2.05) is 0 Å². The summed E-state index contributed by atoms with van der Waals surface area (Å²) in [6.45, 7) is 10.1. The first-order valence-electron chi connectivity index (χ1n) is 6.93. The maximum atomic E-state index is 4.49. The SMILES string of the molecule is Cc1csc(CCNCC2NCCCC2(C)C)n1. The van der Waals surface area contributed by atoms with Crippen LogP contribution in [0, 0.1) is 12.3 Å². The van der Waals surface area contributed by atoms with Crippen molar-refractivity contribution in [1.82, 2.24) is 15.6 Å². The molecule has 2 heterocycles. The Morgan fingerprint density at radius 3 is 3.06 bits per heavy atom. The van der Waals surface area contributed by atoms with Gasteiger partial charge in [0.1, 0.15) is 0 Å². The lowest BCUT2D eigenvalue weighted by Gasteiger charge is -2.39. The van der Waals surface area contributed by atoms with Gasteiger partial charge in [0.05, 0.1) is 5.01 Å². The van der Waals surface area contributed by atoms with Crippen molar-refractivity contribution in [1.29, 1.82) is 0 Å². The molecule has 0 saturated carbocycles. The van der Waals surface area contributed by atoms with E-state index >= 15 is 0 Å². The smallest absolute Gasteiger partial charge is 0.0940 e. The van der Waals surface area contributed by atoms with E-state index in [1.165, 1.54) is 24.4 Å². The summed E-state index contributed by atoms with van der Waals surface area (Å²) in [5.74, 6) is 0. The summed E-state index contributed by atoms with van der Waals surface area (Å²) in [6, 6.07) is 0.601. The van der Waals surface area contributed by atoms with E-state index < -0.39 is 0 Å². The summed E-state index contributed by atoms with van der Waals surface area (Å²) < 4.78 is 0. The van der Waals surface area contributed by atoms with Gasteiger partial charge >= 0.3 is 0 Å². The van der Waals surface area contributed by atoms with Crippen LogP contribution in [-0.4, -0.2) is 30.7 Å². The molecule has 3 nitrogen and oxygen atoms in total. The second-order valence-electron chi connectivity index (χ2n) is 5.94. The highest BCUT2D eigenvalue weighted by Gasteiger charge is 2.31. The molecule has 0 aromatic carbocycles. The summed E-state index contributed by atoms with van der Waals surface area (Å²) in [5.41, 5.74) is 1.56. The molecule has 0 radical (unpaired) electrons. The van der Waals surface area contributed by atoms with Crippen LogP contribution in [0.2, 0.25) is 0 Å². The molecule has 2 rings (SSSR count). The Labute approximate surface area is 114 Å². The standard InChI is InChI=1S/C14H25N3S/c1-11-10-18-13(17-11)5-8-15-9-12-14(2,3)6-4-7-16-12/h10,12,15-16H,4-9H2,1-3H3. The van der Waals surface area contributed by atoms with Crippen LogP contribution in [0.5, 0.6) is 0 Å². The topological polar surface area (TPSA) is 37.0 Å². The molecule has 2 N–H and O–H groups in total. The van der Waals surface area contributed by atoms with E-state index in [4.69, 9.17) is 0 Å². The first-order valence-corrected chi connectivity index (χ1v) is 7.81. The van der Waals surface area contributed by atoms with Gasteiger partial charge in [-0.3, -0.25) is 0 Å². The molecule has 1 saturated heterocycles. The zero-order valence-electron chi connectivity index (χ0n) is 11.8. The predicted molar refractivity (Wildman–Crippen MR) is 78.2 cm³/mol. The number of aryl methyl sites for hydroxylation is 1. The highest BCUT2D eigenvalue weighted by atomic mass is 32.1. The van der Waals surface area contributed by atoms with Crippen LogP contribution in [0.1, 0.15) is 37.4 Å². The first-order chi connectivity index (χ1) is 8.58. The van der Waals surface area contributed by atoms with Crippen molar-refractivity contribution in [2.45, 2.75) is 46.1 Å². The fourth-order valence-corrected chi connectivity index (χ4v) is 3.35. The molecule has 4 heteroatoms. The second-order valence-corrected chi connectivity index (χ2v) is 6.88. The van der Waals surface area contributed by atoms with E-state index in [9.17, 15) is 0 Å². The van der Waals surface area contributed by atoms with E-state index in [2.05, 4.69) is 41.8 Å². The lowest BCUT2D eigenvalue weighted by molar-refractivity contribution is 0.176. The van der Waals surface area contributed by atoms with Gasteiger partial charge in [-0.1, -0.05) is 13.8 Å². The van der Waals surface area contributed by atoms with Crippen molar-refractivity contribution >= 4 is 11.3 Å². The average Bonchev–Trinajstić information content (AvgIpc) is 2.72. The molecular weight excluding hydrogens is 242 g/mol. The Bertz CT molecular complexity index is 373. The van der Waals surface area contributed by atoms with Gasteiger partial charge in [-0.25, -0.2) is 4.98 Å². The van der Waals surface area contributed by atoms with Crippen molar-refractivity contribution in [3.63, 3.8) is 0 Å². The molecule has 0 aliphatic carbocycles. The van der Waals surface area contributed by atoms with Gasteiger partial charge in [0.2, 0.25) is 0 Å². The Hall–Kier alpha value is -0.450. The number of thiazole rings is 1. The molecule has 0 spiro atoms. The van der Waals surface area contributed by atoms with Crippen molar-refractivity contribution in [2.75, 3.05) is 19.6 Å². The summed E-state index contributed by atoms with van der Waals surface area (Å²) in [6.07, 6.45) is 3.69. The van der Waals surface area contributed by atoms with Gasteiger partial charge in [0.15, 0.2) is 0 Å². The highest BCUT2D eigenvalue weighted by Crippen LogP contribution is 2.29. The second kappa shape index (κ2) is 6.13. The van der Waals surface area contributed by atoms with Crippen LogP contribution in [0.3, 0.4) is 0 Å². The Balaban J connectivity index is 1.68. The van der Waals surface area contributed by atoms with Crippen molar-refractivity contribution in [3.05, 3.63) is 16.1 Å². The van der Waals surface area contributed by atoms with Crippen LogP contribution < -0.4 is 10.6 Å². The molecule has 18 heavy (non-hydrogen) atoms. The summed E-state index contributed by atoms with van der Waals surface area (Å²) in [7, 11) is 0. The third-order valence-electron chi connectivity index (χ3n) is 3.86. The molecule has 1 atom stereocenters. The molecule has 1 aromatic rings. The molecule has 1 unspecified atom stereocenters. The monoisotopic (exact) mass is 267 g/mol. The van der Waals surface area contributed by atoms with Gasteiger partial charge < -0.3 is 10.6 Å². The number of nitrogens with zero attached hydrogens (tertiary/aromatic N) is 1. The number of hydrogen-bond acceptors (Lipinski definition) is 4. The largest absolute Gasteiger partial charge is 0.315 e. The summed E-state index contributed by atoms with van der Waals surface area (Å²) in [4.78, 5) is 4.49. The fraction of sp³-hybridized carbons (Fsp3) is 0.786. The Kier molecular flexibility index (Phi) is 4.76. The number of hydrogen-bond donors (Lipinski definition) is 2. The lowest BCUT2D eigenvalue weighted by Crippen LogP contribution is -2.52. The quantitative estimate of drug-likeness (QED) is 0.804. The zero-order valence-corrected chi connectivity index (χ0v) is 12.6. The minimum Gasteiger partial charge on any atom is -0.315 e. The molecule has 1 aromatic heterocycles. The third-order valence-corrected chi connectivity index (χ3v) is 4.89. The molecule has 0 amide bonds. The van der Waals surface area contributed by atoms with Gasteiger partial charge in [0, 0.05) is 36.6 Å². The van der Waals surface area contributed by atoms with Gasteiger partial charge in [0.25, 0.3) is 0 Å². The number of rotatable bonds is 5. The predicted octanol–water partition coefficient (Wildman–Crippen LogP) is 2.36. The van der Waals surface area contributed by atoms with Crippen molar-refractivity contribution in [2.24, 2.45) is 5.41 Å². The summed E-state index contributed by atoms with van der Waals surface area (Å²) >= 11 is 1.77. The van der Waals surface area contributed by atoms with Gasteiger partial charge in [-0.15, -0.1) is 11.3 Å². The molecule has 1 aliphatic heterocycles. The normalized spacial score (nSPS) is 23.2. The fourth-order valence-electron chi connectivity index (χ4n) is 2.58. The minimum atomic E-state index is 0.420. The van der Waals surface area contributed by atoms with Crippen molar-refractivity contribution in [3.8, 4) is 0 Å². The first kappa shape index (κ1) is 14.0. The minimum absolute atomic E-state index is 0.420. The van der Waals surface area contributed by atoms with Crippen LogP contribution in [-0.2, 0) is 6.42 Å². The Morgan fingerprint density at radius 2 is 2.39 bits per heavy atom. The highest BCUT2D eigenvalue weighted by molar-refractivity contribution is 7.09. The maximum absolute atomic E-state index is 4.49. The lowest BCUT2D eigenvalue weighted by atomic mass is 9.77.